The minimum atomic E-state index is -0.466. The van der Waals surface area contributed by atoms with Crippen LogP contribution in [-0.4, -0.2) is 10.9 Å². The van der Waals surface area contributed by atoms with E-state index in [0.29, 0.717) is 10.7 Å². The largest absolute Gasteiger partial charge is 0.366 e. The lowest BCUT2D eigenvalue weighted by Gasteiger charge is -2.02. The molecular weight excluding hydrogens is 277 g/mol. The van der Waals surface area contributed by atoms with Crippen LogP contribution in [-0.2, 0) is 0 Å². The van der Waals surface area contributed by atoms with Crippen molar-refractivity contribution in [2.75, 3.05) is 5.32 Å². The molecule has 0 aliphatic carbocycles. The van der Waals surface area contributed by atoms with E-state index in [-0.39, 0.29) is 5.82 Å². The van der Waals surface area contributed by atoms with Gasteiger partial charge < -0.3 is 11.1 Å². The molecule has 0 bridgehead atoms. The molecule has 1 amide bonds. The highest BCUT2D eigenvalue weighted by Crippen LogP contribution is 2.28. The van der Waals surface area contributed by atoms with Crippen LogP contribution in [0.5, 0.6) is 0 Å². The van der Waals surface area contributed by atoms with E-state index >= 15 is 0 Å². The Bertz CT molecular complexity index is 783. The number of fused-ring (bicyclic) bond motifs is 1. The third-order valence-electron chi connectivity index (χ3n) is 2.77. The molecule has 0 spiro atoms. The zero-order valence-corrected chi connectivity index (χ0v) is 11.1. The number of nitrogens with zero attached hydrogens (tertiary/aromatic N) is 1. The van der Waals surface area contributed by atoms with E-state index in [1.807, 2.05) is 0 Å². The van der Waals surface area contributed by atoms with Crippen molar-refractivity contribution in [1.82, 2.24) is 4.98 Å². The molecular formula is C14H10FN3OS. The summed E-state index contributed by atoms with van der Waals surface area (Å²) < 4.78 is 13.9. The number of hydrogen-bond acceptors (Lipinski definition) is 4. The molecule has 0 atom stereocenters. The summed E-state index contributed by atoms with van der Waals surface area (Å²) in [6, 6.07) is 11.2. The quantitative estimate of drug-likeness (QED) is 0.776. The van der Waals surface area contributed by atoms with Gasteiger partial charge in [-0.1, -0.05) is 11.3 Å². The van der Waals surface area contributed by atoms with Crippen LogP contribution in [0.25, 0.3) is 10.2 Å². The van der Waals surface area contributed by atoms with E-state index in [4.69, 9.17) is 5.73 Å². The van der Waals surface area contributed by atoms with Gasteiger partial charge in [0.05, 0.1) is 10.2 Å². The highest BCUT2D eigenvalue weighted by molar-refractivity contribution is 7.22. The smallest absolute Gasteiger partial charge is 0.248 e. The highest BCUT2D eigenvalue weighted by Gasteiger charge is 2.06. The van der Waals surface area contributed by atoms with Crippen molar-refractivity contribution >= 4 is 38.3 Å². The Morgan fingerprint density at radius 2 is 1.95 bits per heavy atom. The first kappa shape index (κ1) is 12.6. The molecule has 0 aliphatic rings. The van der Waals surface area contributed by atoms with Crippen molar-refractivity contribution in [3.8, 4) is 0 Å². The van der Waals surface area contributed by atoms with Gasteiger partial charge >= 0.3 is 0 Å². The minimum absolute atomic E-state index is 0.279. The molecule has 0 aliphatic heterocycles. The van der Waals surface area contributed by atoms with Gasteiger partial charge in [-0.15, -0.1) is 0 Å². The van der Waals surface area contributed by atoms with Crippen LogP contribution in [0.4, 0.5) is 15.2 Å². The second-order valence-electron chi connectivity index (χ2n) is 4.20. The number of carbonyl (C=O) groups is 1. The lowest BCUT2D eigenvalue weighted by atomic mass is 10.2. The van der Waals surface area contributed by atoms with Gasteiger partial charge in [0.25, 0.3) is 0 Å². The highest BCUT2D eigenvalue weighted by atomic mass is 32.1. The van der Waals surface area contributed by atoms with Crippen LogP contribution in [0.15, 0.2) is 42.5 Å². The SMILES string of the molecule is NC(=O)c1ccc(Nc2nc3ccc(F)cc3s2)cc1. The zero-order chi connectivity index (χ0) is 14.1. The average molecular weight is 287 g/mol. The van der Waals surface area contributed by atoms with E-state index in [2.05, 4.69) is 10.3 Å². The van der Waals surface area contributed by atoms with Gasteiger partial charge in [-0.25, -0.2) is 9.37 Å². The number of aromatic nitrogens is 1. The van der Waals surface area contributed by atoms with Crippen LogP contribution >= 0.6 is 11.3 Å². The maximum Gasteiger partial charge on any atom is 0.248 e. The van der Waals surface area contributed by atoms with Crippen LogP contribution in [0.3, 0.4) is 0 Å². The third kappa shape index (κ3) is 2.46. The predicted octanol–water partition coefficient (Wildman–Crippen LogP) is 3.28. The molecule has 20 heavy (non-hydrogen) atoms. The van der Waals surface area contributed by atoms with Crippen LogP contribution in [0, 0.1) is 5.82 Å². The molecule has 1 aromatic heterocycles. The topological polar surface area (TPSA) is 68.0 Å². The van der Waals surface area contributed by atoms with E-state index in [9.17, 15) is 9.18 Å². The minimum Gasteiger partial charge on any atom is -0.366 e. The predicted molar refractivity (Wildman–Crippen MR) is 77.8 cm³/mol. The summed E-state index contributed by atoms with van der Waals surface area (Å²) in [5.41, 5.74) is 7.15. The number of primary amides is 1. The van der Waals surface area contributed by atoms with Gasteiger partial charge in [-0.05, 0) is 42.5 Å². The Labute approximate surface area is 118 Å². The molecule has 0 unspecified atom stereocenters. The Kier molecular flexibility index (Phi) is 3.08. The van der Waals surface area contributed by atoms with Gasteiger partial charge in [-0.2, -0.15) is 0 Å². The van der Waals surface area contributed by atoms with Gasteiger partial charge in [-0.3, -0.25) is 4.79 Å². The van der Waals surface area contributed by atoms with Gasteiger partial charge in [0.15, 0.2) is 5.13 Å². The lowest BCUT2D eigenvalue weighted by molar-refractivity contribution is 0.100. The average Bonchev–Trinajstić information content (AvgIpc) is 2.80. The molecule has 2 aromatic carbocycles. The number of rotatable bonds is 3. The molecule has 0 saturated carbocycles. The van der Waals surface area contributed by atoms with Crippen LogP contribution in [0.2, 0.25) is 0 Å². The van der Waals surface area contributed by atoms with Crippen molar-refractivity contribution in [3.05, 3.63) is 53.8 Å². The van der Waals surface area contributed by atoms with Crippen LogP contribution in [0.1, 0.15) is 10.4 Å². The fraction of sp³-hybridized carbons (Fsp3) is 0. The Morgan fingerprint density at radius 3 is 2.65 bits per heavy atom. The Balaban J connectivity index is 1.87. The fourth-order valence-corrected chi connectivity index (χ4v) is 2.70. The first-order chi connectivity index (χ1) is 9.61. The Morgan fingerprint density at radius 1 is 1.20 bits per heavy atom. The summed E-state index contributed by atoms with van der Waals surface area (Å²) in [5.74, 6) is -0.745. The van der Waals surface area contributed by atoms with Gasteiger partial charge in [0, 0.05) is 11.3 Å². The fourth-order valence-electron chi connectivity index (χ4n) is 1.79. The molecule has 100 valence electrons. The number of hydrogen-bond donors (Lipinski definition) is 2. The summed E-state index contributed by atoms with van der Waals surface area (Å²) >= 11 is 1.36. The Hall–Kier alpha value is -2.47. The molecule has 4 nitrogen and oxygen atoms in total. The van der Waals surface area contributed by atoms with Crippen molar-refractivity contribution < 1.29 is 9.18 Å². The molecule has 0 saturated heterocycles. The number of anilines is 2. The molecule has 0 radical (unpaired) electrons. The normalized spacial score (nSPS) is 10.7. The third-order valence-corrected chi connectivity index (χ3v) is 3.70. The summed E-state index contributed by atoms with van der Waals surface area (Å²) in [7, 11) is 0. The van der Waals surface area contributed by atoms with Crippen molar-refractivity contribution in [1.29, 1.82) is 0 Å². The summed E-state index contributed by atoms with van der Waals surface area (Å²) in [6.07, 6.45) is 0. The number of amides is 1. The standard InChI is InChI=1S/C14H10FN3OS/c15-9-3-6-11-12(7-9)20-14(18-11)17-10-4-1-8(2-5-10)13(16)19/h1-7H,(H2,16,19)(H,17,18). The summed E-state index contributed by atoms with van der Waals surface area (Å²) in [5, 5.41) is 3.78. The first-order valence-corrected chi connectivity index (χ1v) is 6.66. The number of benzene rings is 2. The van der Waals surface area contributed by atoms with Crippen molar-refractivity contribution in [2.45, 2.75) is 0 Å². The summed E-state index contributed by atoms with van der Waals surface area (Å²) in [6.45, 7) is 0. The van der Waals surface area contributed by atoms with Gasteiger partial charge in [0.1, 0.15) is 5.82 Å². The number of carbonyl (C=O) groups excluding carboxylic acids is 1. The number of halogens is 1. The monoisotopic (exact) mass is 287 g/mol. The number of nitrogens with one attached hydrogen (secondary N) is 1. The second kappa shape index (κ2) is 4.90. The molecule has 0 fully saturated rings. The van der Waals surface area contributed by atoms with Crippen molar-refractivity contribution in [3.63, 3.8) is 0 Å². The van der Waals surface area contributed by atoms with E-state index in [0.717, 1.165) is 15.9 Å². The van der Waals surface area contributed by atoms with Gasteiger partial charge in [0.2, 0.25) is 5.91 Å². The lowest BCUT2D eigenvalue weighted by Crippen LogP contribution is -2.10. The van der Waals surface area contributed by atoms with E-state index < -0.39 is 5.91 Å². The maximum absolute atomic E-state index is 13.1. The van der Waals surface area contributed by atoms with Crippen LogP contribution < -0.4 is 11.1 Å². The molecule has 3 N–H and O–H groups in total. The zero-order valence-electron chi connectivity index (χ0n) is 10.3. The molecule has 3 rings (SSSR count). The molecule has 1 heterocycles. The number of thiazole rings is 1. The summed E-state index contributed by atoms with van der Waals surface area (Å²) in [4.78, 5) is 15.3. The van der Waals surface area contributed by atoms with Crippen molar-refractivity contribution in [2.24, 2.45) is 5.73 Å². The maximum atomic E-state index is 13.1. The second-order valence-corrected chi connectivity index (χ2v) is 5.23. The number of nitrogens with two attached hydrogens (primary N) is 1. The molecule has 3 aromatic rings. The first-order valence-electron chi connectivity index (χ1n) is 5.85. The molecule has 6 heteroatoms. The van der Waals surface area contributed by atoms with E-state index in [1.54, 1.807) is 30.3 Å². The van der Waals surface area contributed by atoms with E-state index in [1.165, 1.54) is 23.5 Å².